The Morgan fingerprint density at radius 2 is 2.25 bits per heavy atom. The summed E-state index contributed by atoms with van der Waals surface area (Å²) in [4.78, 5) is 0. The molecule has 1 rings (SSSR count). The van der Waals surface area contributed by atoms with Crippen LogP contribution in [0.5, 0.6) is 0 Å². The second-order valence-electron chi connectivity index (χ2n) is 1.69. The topological polar surface area (TPSA) is 9.23 Å². The summed E-state index contributed by atoms with van der Waals surface area (Å²) in [5, 5.41) is 0. The fourth-order valence-corrected chi connectivity index (χ4v) is 0.484. The maximum atomic E-state index is 4.90. The van der Waals surface area contributed by atoms with Crippen LogP contribution in [0.4, 0.5) is 0 Å². The minimum Gasteiger partial charge on any atom is -0.472 e. The summed E-state index contributed by atoms with van der Waals surface area (Å²) < 4.78 is 4.90. The predicted molar refractivity (Wildman–Crippen MR) is 33.1 cm³/mol. The van der Waals surface area contributed by atoms with Crippen LogP contribution in [0.3, 0.4) is 0 Å². The lowest BCUT2D eigenvalue weighted by Crippen LogP contribution is -1.65. The third-order valence-electron chi connectivity index (χ3n) is 0.881. The molecule has 1 aliphatic rings. The van der Waals surface area contributed by atoms with Gasteiger partial charge in [-0.2, -0.15) is 0 Å². The molecule has 0 aliphatic carbocycles. The van der Waals surface area contributed by atoms with Crippen molar-refractivity contribution in [3.05, 3.63) is 36.3 Å². The van der Waals surface area contributed by atoms with Gasteiger partial charge in [0, 0.05) is 0 Å². The maximum absolute atomic E-state index is 4.90. The molecular formula is C7H8O. The first-order valence-corrected chi connectivity index (χ1v) is 2.55. The molecule has 0 saturated carbocycles. The minimum absolute atomic E-state index is 1.13. The molecular weight excluding hydrogens is 100 g/mol. The molecule has 42 valence electrons. The van der Waals surface area contributed by atoms with Gasteiger partial charge >= 0.3 is 0 Å². The smallest absolute Gasteiger partial charge is 0.0930 e. The molecule has 0 radical (unpaired) electrons. The van der Waals surface area contributed by atoms with E-state index in [0.29, 0.717) is 0 Å². The average molecular weight is 108 g/mol. The van der Waals surface area contributed by atoms with Gasteiger partial charge in [0.25, 0.3) is 0 Å². The van der Waals surface area contributed by atoms with Crippen LogP contribution in [0.15, 0.2) is 36.3 Å². The molecule has 0 N–H and O–H groups in total. The highest BCUT2D eigenvalue weighted by Gasteiger charge is 1.81. The fourth-order valence-electron chi connectivity index (χ4n) is 0.484. The van der Waals surface area contributed by atoms with Crippen LogP contribution >= 0.6 is 0 Å². The Morgan fingerprint density at radius 3 is 3.12 bits per heavy atom. The van der Waals surface area contributed by atoms with E-state index in [9.17, 15) is 0 Å². The molecule has 0 atom stereocenters. The van der Waals surface area contributed by atoms with Crippen molar-refractivity contribution in [3.8, 4) is 0 Å². The molecule has 1 aliphatic heterocycles. The molecule has 0 spiro atoms. The van der Waals surface area contributed by atoms with Crippen LogP contribution in [-0.4, -0.2) is 0 Å². The van der Waals surface area contributed by atoms with Crippen LogP contribution < -0.4 is 0 Å². The standard InChI is InChI=1S/C7H8O/c1-7-4-2-3-5-8-6-7/h2-6H,1H3. The summed E-state index contributed by atoms with van der Waals surface area (Å²) in [6.45, 7) is 1.99. The first-order valence-electron chi connectivity index (χ1n) is 2.55. The van der Waals surface area contributed by atoms with Gasteiger partial charge in [-0.05, 0) is 18.6 Å². The summed E-state index contributed by atoms with van der Waals surface area (Å²) in [7, 11) is 0. The molecule has 8 heavy (non-hydrogen) atoms. The van der Waals surface area contributed by atoms with E-state index in [1.165, 1.54) is 0 Å². The number of hydrogen-bond donors (Lipinski definition) is 0. The van der Waals surface area contributed by atoms with Crippen molar-refractivity contribution in [3.63, 3.8) is 0 Å². The molecule has 0 saturated heterocycles. The predicted octanol–water partition coefficient (Wildman–Crippen LogP) is 1.99. The largest absolute Gasteiger partial charge is 0.472 e. The van der Waals surface area contributed by atoms with E-state index >= 15 is 0 Å². The van der Waals surface area contributed by atoms with Crippen molar-refractivity contribution < 1.29 is 4.74 Å². The van der Waals surface area contributed by atoms with Crippen LogP contribution in [-0.2, 0) is 4.74 Å². The molecule has 0 aromatic heterocycles. The molecule has 0 bridgehead atoms. The Labute approximate surface area is 49.0 Å². The normalized spacial score (nSPS) is 16.9. The summed E-state index contributed by atoms with van der Waals surface area (Å²) >= 11 is 0. The minimum atomic E-state index is 1.13. The SMILES string of the molecule is CC1=COC=CC=C1. The third-order valence-corrected chi connectivity index (χ3v) is 0.881. The number of rotatable bonds is 0. The zero-order valence-corrected chi connectivity index (χ0v) is 4.79. The fraction of sp³-hybridized carbons (Fsp3) is 0.143. The average Bonchev–Trinajstić information content (AvgIpc) is 1.94. The van der Waals surface area contributed by atoms with Gasteiger partial charge in [-0.25, -0.2) is 0 Å². The third kappa shape index (κ3) is 1.26. The van der Waals surface area contributed by atoms with Crippen LogP contribution in [0.25, 0.3) is 0 Å². The van der Waals surface area contributed by atoms with Gasteiger partial charge in [0.2, 0.25) is 0 Å². The zero-order valence-electron chi connectivity index (χ0n) is 4.79. The Bertz CT molecular complexity index is 149. The Kier molecular flexibility index (Phi) is 1.52. The summed E-state index contributed by atoms with van der Waals surface area (Å²) in [6.07, 6.45) is 9.14. The van der Waals surface area contributed by atoms with E-state index in [2.05, 4.69) is 0 Å². The van der Waals surface area contributed by atoms with Crippen LogP contribution in [0.2, 0.25) is 0 Å². The zero-order chi connectivity index (χ0) is 5.82. The van der Waals surface area contributed by atoms with Gasteiger partial charge in [0.15, 0.2) is 0 Å². The highest BCUT2D eigenvalue weighted by atomic mass is 16.5. The number of ether oxygens (including phenoxy) is 1. The monoisotopic (exact) mass is 108 g/mol. The Morgan fingerprint density at radius 1 is 1.38 bits per heavy atom. The van der Waals surface area contributed by atoms with Crippen LogP contribution in [0, 0.1) is 0 Å². The van der Waals surface area contributed by atoms with Crippen molar-refractivity contribution >= 4 is 0 Å². The Hall–Kier alpha value is -0.980. The van der Waals surface area contributed by atoms with E-state index in [-0.39, 0.29) is 0 Å². The molecule has 0 fully saturated rings. The molecule has 0 aromatic carbocycles. The van der Waals surface area contributed by atoms with Crippen molar-refractivity contribution in [2.75, 3.05) is 0 Å². The summed E-state index contributed by atoms with van der Waals surface area (Å²) in [6, 6.07) is 0. The van der Waals surface area contributed by atoms with Gasteiger partial charge in [-0.1, -0.05) is 12.2 Å². The lowest BCUT2D eigenvalue weighted by molar-refractivity contribution is 0.400. The van der Waals surface area contributed by atoms with E-state index in [1.807, 2.05) is 25.2 Å². The molecule has 0 amide bonds. The molecule has 0 aromatic rings. The summed E-state index contributed by atoms with van der Waals surface area (Å²) in [5.41, 5.74) is 1.13. The van der Waals surface area contributed by atoms with E-state index in [0.717, 1.165) is 5.57 Å². The van der Waals surface area contributed by atoms with Gasteiger partial charge in [0.1, 0.15) is 0 Å². The maximum Gasteiger partial charge on any atom is 0.0930 e. The lowest BCUT2D eigenvalue weighted by atomic mass is 10.3. The van der Waals surface area contributed by atoms with Crippen molar-refractivity contribution in [1.29, 1.82) is 0 Å². The van der Waals surface area contributed by atoms with Crippen molar-refractivity contribution in [2.24, 2.45) is 0 Å². The molecule has 0 unspecified atom stereocenters. The van der Waals surface area contributed by atoms with Gasteiger partial charge < -0.3 is 4.74 Å². The highest BCUT2D eigenvalue weighted by molar-refractivity contribution is 5.20. The second kappa shape index (κ2) is 2.36. The second-order valence-corrected chi connectivity index (χ2v) is 1.69. The van der Waals surface area contributed by atoms with Crippen LogP contribution in [0.1, 0.15) is 6.92 Å². The van der Waals surface area contributed by atoms with E-state index in [1.54, 1.807) is 12.5 Å². The van der Waals surface area contributed by atoms with Gasteiger partial charge in [0.05, 0.1) is 12.5 Å². The number of allylic oxidation sites excluding steroid dienone is 4. The Balaban J connectivity index is 2.69. The van der Waals surface area contributed by atoms with Crippen molar-refractivity contribution in [1.82, 2.24) is 0 Å². The number of hydrogen-bond acceptors (Lipinski definition) is 1. The first kappa shape index (κ1) is 5.16. The lowest BCUT2D eigenvalue weighted by Gasteiger charge is -1.86. The highest BCUT2D eigenvalue weighted by Crippen LogP contribution is 1.99. The first-order chi connectivity index (χ1) is 3.89. The van der Waals surface area contributed by atoms with Crippen molar-refractivity contribution in [2.45, 2.75) is 6.92 Å². The molecule has 1 nitrogen and oxygen atoms in total. The van der Waals surface area contributed by atoms with Gasteiger partial charge in [-0.3, -0.25) is 0 Å². The molecule has 1 heterocycles. The van der Waals surface area contributed by atoms with Gasteiger partial charge in [-0.15, -0.1) is 0 Å². The summed E-state index contributed by atoms with van der Waals surface area (Å²) in [5.74, 6) is 0. The molecule has 1 heteroatoms. The quantitative estimate of drug-likeness (QED) is 0.461. The van der Waals surface area contributed by atoms with E-state index in [4.69, 9.17) is 4.74 Å². The van der Waals surface area contributed by atoms with E-state index < -0.39 is 0 Å².